The Morgan fingerprint density at radius 3 is 2.73 bits per heavy atom. The smallest absolute Gasteiger partial charge is 0.415 e. The van der Waals surface area contributed by atoms with Crippen molar-refractivity contribution in [2.45, 2.75) is 31.5 Å². The minimum absolute atomic E-state index is 0.0344. The summed E-state index contributed by atoms with van der Waals surface area (Å²) in [6.07, 6.45) is 0.659. The number of carbonyl (C=O) groups is 1. The summed E-state index contributed by atoms with van der Waals surface area (Å²) in [6, 6.07) is 15.7. The molecule has 2 heterocycles. The quantitative estimate of drug-likeness (QED) is 0.843. The van der Waals surface area contributed by atoms with E-state index in [1.165, 1.54) is 0 Å². The number of fused-ring (bicyclic) bond motifs is 3. The normalized spacial score (nSPS) is 24.3. The average Bonchev–Trinajstić information content (AvgIpc) is 3.11. The number of carbonyl (C=O) groups excluding carboxylic acids is 1. The minimum Gasteiger partial charge on any atom is -0.497 e. The van der Waals surface area contributed by atoms with Crippen molar-refractivity contribution in [3.8, 4) is 5.75 Å². The highest BCUT2D eigenvalue weighted by Gasteiger charge is 2.55. The number of anilines is 1. The topological polar surface area (TPSA) is 42.0 Å². The fraction of sp³-hybridized carbons (Fsp3) is 0.381. The van der Waals surface area contributed by atoms with Gasteiger partial charge in [0.1, 0.15) is 18.5 Å². The molecule has 26 heavy (non-hydrogen) atoms. The van der Waals surface area contributed by atoms with Gasteiger partial charge < -0.3 is 9.47 Å². The first-order chi connectivity index (χ1) is 12.5. The Morgan fingerprint density at radius 2 is 2.00 bits per heavy atom. The molecular weight excluding hydrogens is 328 g/mol. The molecule has 0 spiro atoms. The molecule has 0 aromatic heterocycles. The van der Waals surface area contributed by atoms with Crippen LogP contribution in [-0.2, 0) is 16.8 Å². The Hall–Kier alpha value is -2.53. The largest absolute Gasteiger partial charge is 0.497 e. The Morgan fingerprint density at radius 1 is 1.23 bits per heavy atom. The molecule has 1 fully saturated rings. The number of likely N-dealkylation sites (tertiary alicyclic amines) is 1. The van der Waals surface area contributed by atoms with Crippen molar-refractivity contribution >= 4 is 11.8 Å². The maximum atomic E-state index is 13.0. The van der Waals surface area contributed by atoms with Gasteiger partial charge in [0.15, 0.2) is 0 Å². The molecule has 0 saturated carbocycles. The zero-order valence-corrected chi connectivity index (χ0v) is 15.4. The van der Waals surface area contributed by atoms with Gasteiger partial charge in [-0.2, -0.15) is 0 Å². The molecule has 2 atom stereocenters. The highest BCUT2D eigenvalue weighted by atomic mass is 16.6. The molecule has 4 rings (SSSR count). The standard InChI is InChI=1S/C21H24N2O3/c1-21-11-12-22(2)19(21)23(18-10-9-16(25-3)13-17(18)21)20(24)26-14-15-7-5-4-6-8-15/h4-10,13,19H,11-12,14H2,1-3H3/t19-,21+/m1/s1. The van der Waals surface area contributed by atoms with Gasteiger partial charge in [-0.15, -0.1) is 0 Å². The molecule has 2 aliphatic heterocycles. The van der Waals surface area contributed by atoms with E-state index < -0.39 is 0 Å². The number of likely N-dealkylation sites (N-methyl/N-ethyl adjacent to an activating group) is 1. The molecular formula is C21H24N2O3. The van der Waals surface area contributed by atoms with Crippen molar-refractivity contribution in [3.05, 3.63) is 59.7 Å². The van der Waals surface area contributed by atoms with Crippen molar-refractivity contribution < 1.29 is 14.3 Å². The zero-order valence-electron chi connectivity index (χ0n) is 15.4. The lowest BCUT2D eigenvalue weighted by Crippen LogP contribution is -2.50. The van der Waals surface area contributed by atoms with Crippen molar-refractivity contribution in [3.63, 3.8) is 0 Å². The molecule has 0 unspecified atom stereocenters. The average molecular weight is 352 g/mol. The summed E-state index contributed by atoms with van der Waals surface area (Å²) in [5.41, 5.74) is 2.94. The lowest BCUT2D eigenvalue weighted by Gasteiger charge is -2.33. The molecule has 0 aliphatic carbocycles. The van der Waals surface area contributed by atoms with E-state index in [2.05, 4.69) is 24.9 Å². The predicted molar refractivity (Wildman–Crippen MR) is 100 cm³/mol. The van der Waals surface area contributed by atoms with Gasteiger partial charge in [0.25, 0.3) is 0 Å². The first-order valence-corrected chi connectivity index (χ1v) is 8.93. The summed E-state index contributed by atoms with van der Waals surface area (Å²) in [7, 11) is 3.74. The van der Waals surface area contributed by atoms with Crippen molar-refractivity contribution in [1.82, 2.24) is 4.90 Å². The van der Waals surface area contributed by atoms with E-state index in [1.54, 1.807) is 7.11 Å². The van der Waals surface area contributed by atoms with Gasteiger partial charge in [0.2, 0.25) is 0 Å². The molecule has 0 radical (unpaired) electrons. The molecule has 5 nitrogen and oxygen atoms in total. The fourth-order valence-corrected chi connectivity index (χ4v) is 4.33. The number of nitrogens with zero attached hydrogens (tertiary/aromatic N) is 2. The number of ether oxygens (including phenoxy) is 2. The van der Waals surface area contributed by atoms with Crippen LogP contribution in [0.4, 0.5) is 10.5 Å². The number of benzene rings is 2. The maximum absolute atomic E-state index is 13.0. The highest BCUT2D eigenvalue weighted by Crippen LogP contribution is 2.52. The second-order valence-corrected chi connectivity index (χ2v) is 7.32. The van der Waals surface area contributed by atoms with Crippen molar-refractivity contribution in [1.29, 1.82) is 0 Å². The molecule has 1 saturated heterocycles. The summed E-state index contributed by atoms with van der Waals surface area (Å²) < 4.78 is 11.1. The zero-order chi connectivity index (χ0) is 18.3. The lowest BCUT2D eigenvalue weighted by molar-refractivity contribution is 0.135. The molecule has 5 heteroatoms. The first-order valence-electron chi connectivity index (χ1n) is 8.93. The summed E-state index contributed by atoms with van der Waals surface area (Å²) in [5, 5.41) is 0. The van der Waals surface area contributed by atoms with Crippen LogP contribution < -0.4 is 9.64 Å². The molecule has 2 aromatic rings. The summed E-state index contributed by atoms with van der Waals surface area (Å²) >= 11 is 0. The molecule has 2 aliphatic rings. The van der Waals surface area contributed by atoms with Gasteiger partial charge in [-0.25, -0.2) is 4.79 Å². The van der Waals surface area contributed by atoms with Crippen LogP contribution in [0.5, 0.6) is 5.75 Å². The number of hydrogen-bond acceptors (Lipinski definition) is 4. The van der Waals surface area contributed by atoms with Gasteiger partial charge in [0.05, 0.1) is 12.8 Å². The van der Waals surface area contributed by atoms with Crippen LogP contribution in [0.25, 0.3) is 0 Å². The van der Waals surface area contributed by atoms with E-state index in [0.717, 1.165) is 35.5 Å². The second kappa shape index (κ2) is 6.32. The maximum Gasteiger partial charge on any atom is 0.415 e. The Bertz CT molecular complexity index is 823. The Kier molecular flexibility index (Phi) is 4.11. The van der Waals surface area contributed by atoms with Crippen LogP contribution in [0.1, 0.15) is 24.5 Å². The van der Waals surface area contributed by atoms with Crippen LogP contribution >= 0.6 is 0 Å². The number of hydrogen-bond donors (Lipinski definition) is 0. The van der Waals surface area contributed by atoms with E-state index >= 15 is 0 Å². The molecule has 136 valence electrons. The van der Waals surface area contributed by atoms with Gasteiger partial charge in [-0.3, -0.25) is 9.80 Å². The predicted octanol–water partition coefficient (Wildman–Crippen LogP) is 3.77. The summed E-state index contributed by atoms with van der Waals surface area (Å²) in [5.74, 6) is 0.817. The lowest BCUT2D eigenvalue weighted by atomic mass is 9.81. The van der Waals surface area contributed by atoms with Crippen LogP contribution in [0.2, 0.25) is 0 Å². The SMILES string of the molecule is COc1ccc2c(c1)[C@]1(C)CCN(C)[C@@H]1N2C(=O)OCc1ccccc1. The Balaban J connectivity index is 1.66. The van der Waals surface area contributed by atoms with Crippen LogP contribution in [0.3, 0.4) is 0 Å². The first kappa shape index (κ1) is 16.9. The van der Waals surface area contributed by atoms with Gasteiger partial charge in [-0.1, -0.05) is 37.3 Å². The third-order valence-electron chi connectivity index (χ3n) is 5.70. The van der Waals surface area contributed by atoms with Crippen LogP contribution in [0.15, 0.2) is 48.5 Å². The van der Waals surface area contributed by atoms with E-state index in [-0.39, 0.29) is 24.3 Å². The Labute approximate surface area is 154 Å². The number of methoxy groups -OCH3 is 1. The van der Waals surface area contributed by atoms with Crippen LogP contribution in [-0.4, -0.2) is 37.9 Å². The monoisotopic (exact) mass is 352 g/mol. The van der Waals surface area contributed by atoms with Gasteiger partial charge in [-0.05, 0) is 42.8 Å². The van der Waals surface area contributed by atoms with Crippen molar-refractivity contribution in [2.24, 2.45) is 0 Å². The summed E-state index contributed by atoms with van der Waals surface area (Å²) in [4.78, 5) is 17.1. The molecule has 2 aromatic carbocycles. The number of rotatable bonds is 3. The third-order valence-corrected chi connectivity index (χ3v) is 5.70. The number of amides is 1. The van der Waals surface area contributed by atoms with Gasteiger partial charge in [0, 0.05) is 12.0 Å². The fourth-order valence-electron chi connectivity index (χ4n) is 4.33. The van der Waals surface area contributed by atoms with E-state index in [4.69, 9.17) is 9.47 Å². The third kappa shape index (κ3) is 2.54. The minimum atomic E-state index is -0.303. The highest BCUT2D eigenvalue weighted by molar-refractivity contribution is 5.92. The van der Waals surface area contributed by atoms with Gasteiger partial charge >= 0.3 is 6.09 Å². The van der Waals surface area contributed by atoms with Crippen LogP contribution in [0, 0.1) is 0 Å². The van der Waals surface area contributed by atoms with E-state index in [9.17, 15) is 4.79 Å². The molecule has 1 amide bonds. The molecule has 0 N–H and O–H groups in total. The summed E-state index contributed by atoms with van der Waals surface area (Å²) in [6.45, 7) is 3.44. The molecule has 0 bridgehead atoms. The second-order valence-electron chi connectivity index (χ2n) is 7.32. The van der Waals surface area contributed by atoms with E-state index in [0.29, 0.717) is 0 Å². The van der Waals surface area contributed by atoms with E-state index in [1.807, 2.05) is 47.4 Å². The van der Waals surface area contributed by atoms with Crippen molar-refractivity contribution in [2.75, 3.05) is 25.6 Å².